The number of anilines is 1. The van der Waals surface area contributed by atoms with Crippen LogP contribution >= 0.6 is 0 Å². The van der Waals surface area contributed by atoms with E-state index >= 15 is 0 Å². The minimum absolute atomic E-state index is 0.229. The fraction of sp³-hybridized carbons (Fsp3) is 0.200. The predicted octanol–water partition coefficient (Wildman–Crippen LogP) is 3.74. The number of imide groups is 1. The highest BCUT2D eigenvalue weighted by Gasteiger charge is 2.60. The Kier molecular flexibility index (Phi) is 4.92. The third-order valence-corrected chi connectivity index (χ3v) is 5.86. The highest BCUT2D eigenvalue weighted by Crippen LogP contribution is 2.48. The SMILES string of the molecule is COc1ccccc1[C@@H]1[C@@H]2C(=O)N(Cc3ccccc3)C(=O)[C@H]2ON1c1ccccc1. The van der Waals surface area contributed by atoms with E-state index in [-0.39, 0.29) is 18.4 Å². The molecule has 3 aromatic rings. The van der Waals surface area contributed by atoms with Gasteiger partial charge in [0.2, 0.25) is 5.91 Å². The topological polar surface area (TPSA) is 59.1 Å². The third kappa shape index (κ3) is 3.25. The van der Waals surface area contributed by atoms with Gasteiger partial charge in [0.15, 0.2) is 6.10 Å². The van der Waals surface area contributed by atoms with Crippen LogP contribution in [0.25, 0.3) is 0 Å². The van der Waals surface area contributed by atoms with Gasteiger partial charge in [-0.15, -0.1) is 0 Å². The van der Waals surface area contributed by atoms with Crippen LogP contribution in [0.2, 0.25) is 0 Å². The molecule has 2 amide bonds. The van der Waals surface area contributed by atoms with Gasteiger partial charge >= 0.3 is 0 Å². The van der Waals surface area contributed by atoms with Crippen molar-refractivity contribution in [3.63, 3.8) is 0 Å². The van der Waals surface area contributed by atoms with Crippen LogP contribution < -0.4 is 9.80 Å². The van der Waals surface area contributed by atoms with Crippen molar-refractivity contribution in [3.8, 4) is 5.75 Å². The molecule has 3 atom stereocenters. The Bertz CT molecular complexity index is 1100. The number of fused-ring (bicyclic) bond motifs is 1. The first-order chi connectivity index (χ1) is 15.2. The van der Waals surface area contributed by atoms with Crippen LogP contribution in [-0.4, -0.2) is 29.9 Å². The summed E-state index contributed by atoms with van der Waals surface area (Å²) in [5.74, 6) is -0.544. The average Bonchev–Trinajstić information content (AvgIpc) is 3.32. The highest BCUT2D eigenvalue weighted by atomic mass is 16.7. The number of hydroxylamine groups is 1. The maximum atomic E-state index is 13.5. The van der Waals surface area contributed by atoms with Gasteiger partial charge < -0.3 is 4.74 Å². The molecule has 2 aliphatic rings. The first-order valence-electron chi connectivity index (χ1n) is 10.2. The Hall–Kier alpha value is -3.64. The number of carbonyl (C=O) groups is 2. The summed E-state index contributed by atoms with van der Waals surface area (Å²) >= 11 is 0. The van der Waals surface area contributed by atoms with Crippen LogP contribution in [0.4, 0.5) is 5.69 Å². The number of likely N-dealkylation sites (tertiary alicyclic amines) is 1. The zero-order chi connectivity index (χ0) is 21.4. The van der Waals surface area contributed by atoms with Crippen LogP contribution in [0.3, 0.4) is 0 Å². The van der Waals surface area contributed by atoms with Crippen LogP contribution in [0, 0.1) is 5.92 Å². The van der Waals surface area contributed by atoms with Gasteiger partial charge in [0.1, 0.15) is 11.7 Å². The lowest BCUT2D eigenvalue weighted by Crippen LogP contribution is -2.37. The summed E-state index contributed by atoms with van der Waals surface area (Å²) in [7, 11) is 1.60. The van der Waals surface area contributed by atoms with Gasteiger partial charge in [-0.3, -0.25) is 19.3 Å². The van der Waals surface area contributed by atoms with Gasteiger partial charge in [0.25, 0.3) is 5.91 Å². The molecule has 0 aromatic heterocycles. The van der Waals surface area contributed by atoms with Gasteiger partial charge in [-0.25, -0.2) is 5.06 Å². The lowest BCUT2D eigenvalue weighted by molar-refractivity contribution is -0.143. The fourth-order valence-electron chi connectivity index (χ4n) is 4.42. The molecule has 0 N–H and O–H groups in total. The van der Waals surface area contributed by atoms with Crippen molar-refractivity contribution in [1.82, 2.24) is 4.90 Å². The maximum absolute atomic E-state index is 13.5. The van der Waals surface area contributed by atoms with Gasteiger partial charge in [0, 0.05) is 5.56 Å². The molecule has 3 aromatic carbocycles. The zero-order valence-electron chi connectivity index (χ0n) is 17.0. The molecule has 0 bridgehead atoms. The first-order valence-corrected chi connectivity index (χ1v) is 10.2. The van der Waals surface area contributed by atoms with E-state index in [1.165, 1.54) is 4.90 Å². The second-order valence-electron chi connectivity index (χ2n) is 7.65. The summed E-state index contributed by atoms with van der Waals surface area (Å²) in [6, 6.07) is 26.1. The van der Waals surface area contributed by atoms with E-state index in [1.807, 2.05) is 84.9 Å². The van der Waals surface area contributed by atoms with E-state index in [1.54, 1.807) is 12.2 Å². The van der Waals surface area contributed by atoms with Crippen LogP contribution in [-0.2, 0) is 21.0 Å². The van der Waals surface area contributed by atoms with Crippen molar-refractivity contribution in [2.45, 2.75) is 18.7 Å². The standard InChI is InChI=1S/C25H22N2O4/c1-30-20-15-9-8-14-19(20)22-21-23(31-27(22)18-12-6-3-7-13-18)25(29)26(24(21)28)16-17-10-4-2-5-11-17/h2-15,21-23H,16H2,1H3/t21-,22+,23-/m0/s1. The zero-order valence-corrected chi connectivity index (χ0v) is 17.0. The Morgan fingerprint density at radius 1 is 0.839 bits per heavy atom. The molecule has 2 fully saturated rings. The largest absolute Gasteiger partial charge is 0.496 e. The lowest BCUT2D eigenvalue weighted by atomic mass is 9.90. The number of methoxy groups -OCH3 is 1. The molecule has 0 saturated carbocycles. The number of nitrogens with zero attached hydrogens (tertiary/aromatic N) is 2. The third-order valence-electron chi connectivity index (χ3n) is 5.86. The minimum atomic E-state index is -0.869. The molecular formula is C25H22N2O4. The molecule has 0 unspecified atom stereocenters. The van der Waals surface area contributed by atoms with E-state index in [2.05, 4.69) is 0 Å². The molecule has 5 rings (SSSR count). The summed E-state index contributed by atoms with van der Waals surface area (Å²) in [5.41, 5.74) is 2.49. The number of para-hydroxylation sites is 2. The molecule has 6 nitrogen and oxygen atoms in total. The Morgan fingerprint density at radius 3 is 2.19 bits per heavy atom. The van der Waals surface area contributed by atoms with Crippen molar-refractivity contribution >= 4 is 17.5 Å². The summed E-state index contributed by atoms with van der Waals surface area (Å²) in [6.07, 6.45) is -0.869. The van der Waals surface area contributed by atoms with Crippen molar-refractivity contribution in [2.75, 3.05) is 12.2 Å². The van der Waals surface area contributed by atoms with Gasteiger partial charge in [-0.2, -0.15) is 0 Å². The molecule has 0 aliphatic carbocycles. The molecule has 2 saturated heterocycles. The van der Waals surface area contributed by atoms with E-state index in [4.69, 9.17) is 9.57 Å². The van der Waals surface area contributed by atoms with Gasteiger partial charge in [-0.1, -0.05) is 66.7 Å². The normalized spacial score (nSPS) is 22.7. The molecule has 156 valence electrons. The minimum Gasteiger partial charge on any atom is -0.496 e. The molecule has 0 spiro atoms. The number of amides is 2. The van der Waals surface area contributed by atoms with Crippen LogP contribution in [0.1, 0.15) is 17.2 Å². The van der Waals surface area contributed by atoms with Crippen molar-refractivity contribution in [2.24, 2.45) is 5.92 Å². The van der Waals surface area contributed by atoms with Gasteiger partial charge in [-0.05, 0) is 23.8 Å². The number of hydrogen-bond acceptors (Lipinski definition) is 5. The van der Waals surface area contributed by atoms with Crippen molar-refractivity contribution < 1.29 is 19.2 Å². The highest BCUT2D eigenvalue weighted by molar-refractivity contribution is 6.07. The summed E-state index contributed by atoms with van der Waals surface area (Å²) < 4.78 is 5.58. The summed E-state index contributed by atoms with van der Waals surface area (Å²) in [4.78, 5) is 34.2. The molecule has 0 radical (unpaired) electrons. The number of carbonyl (C=O) groups excluding carboxylic acids is 2. The maximum Gasteiger partial charge on any atom is 0.262 e. The lowest BCUT2D eigenvalue weighted by Gasteiger charge is -2.29. The Balaban J connectivity index is 1.56. The predicted molar refractivity (Wildman–Crippen MR) is 115 cm³/mol. The summed E-state index contributed by atoms with van der Waals surface area (Å²) in [5, 5.41) is 1.68. The molecule has 2 heterocycles. The van der Waals surface area contributed by atoms with Crippen molar-refractivity contribution in [1.29, 1.82) is 0 Å². The fourth-order valence-corrected chi connectivity index (χ4v) is 4.42. The number of hydrogen-bond donors (Lipinski definition) is 0. The average molecular weight is 414 g/mol. The second-order valence-corrected chi connectivity index (χ2v) is 7.65. The molecule has 31 heavy (non-hydrogen) atoms. The second kappa shape index (κ2) is 7.89. The number of ether oxygens (including phenoxy) is 1. The molecular weight excluding hydrogens is 392 g/mol. The number of benzene rings is 3. The Morgan fingerprint density at radius 2 is 1.48 bits per heavy atom. The monoisotopic (exact) mass is 414 g/mol. The van der Waals surface area contributed by atoms with E-state index in [9.17, 15) is 9.59 Å². The van der Waals surface area contributed by atoms with Gasteiger partial charge in [0.05, 0.1) is 25.4 Å². The smallest absolute Gasteiger partial charge is 0.262 e. The van der Waals surface area contributed by atoms with E-state index in [0.717, 1.165) is 16.8 Å². The van der Waals surface area contributed by atoms with E-state index < -0.39 is 18.1 Å². The number of rotatable bonds is 5. The van der Waals surface area contributed by atoms with Crippen LogP contribution in [0.15, 0.2) is 84.9 Å². The summed E-state index contributed by atoms with van der Waals surface area (Å²) in [6.45, 7) is 0.235. The van der Waals surface area contributed by atoms with Crippen molar-refractivity contribution in [3.05, 3.63) is 96.1 Å². The molecule has 6 heteroatoms. The quantitative estimate of drug-likeness (QED) is 0.596. The first kappa shape index (κ1) is 19.3. The molecule has 2 aliphatic heterocycles. The van der Waals surface area contributed by atoms with Crippen LogP contribution in [0.5, 0.6) is 5.75 Å². The Labute approximate surface area is 180 Å². The van der Waals surface area contributed by atoms with E-state index in [0.29, 0.717) is 5.75 Å².